The second kappa shape index (κ2) is 15.5. The minimum atomic E-state index is -4.45. The molecule has 1 fully saturated rings. The molecule has 1 aliphatic rings. The van der Waals surface area contributed by atoms with Crippen LogP contribution in [0.15, 0.2) is 103 Å². The first-order valence-electron chi connectivity index (χ1n) is 17.2. The fraction of sp³-hybridized carbons (Fsp3) is 0.366. The van der Waals surface area contributed by atoms with Gasteiger partial charge in [-0.2, -0.15) is 13.2 Å². The molecule has 5 rings (SSSR count). The van der Waals surface area contributed by atoms with Crippen LogP contribution in [0.3, 0.4) is 0 Å². The summed E-state index contributed by atoms with van der Waals surface area (Å²) in [5.41, 5.74) is 1.88. The first-order chi connectivity index (χ1) is 24.1. The number of rotatable bonds is 16. The summed E-state index contributed by atoms with van der Waals surface area (Å²) in [7, 11) is -2.36. The second-order valence-corrected chi connectivity index (χ2v) is 16.0. The van der Waals surface area contributed by atoms with Gasteiger partial charge >= 0.3 is 6.18 Å². The minimum Gasteiger partial charge on any atom is -0.393 e. The van der Waals surface area contributed by atoms with Crippen LogP contribution in [0.1, 0.15) is 94.3 Å². The Hall–Kier alpha value is -4.28. The van der Waals surface area contributed by atoms with Gasteiger partial charge in [-0.3, -0.25) is 13.9 Å². The van der Waals surface area contributed by atoms with Crippen molar-refractivity contribution in [1.82, 2.24) is 0 Å². The molecule has 0 bridgehead atoms. The average Bonchev–Trinajstić information content (AvgIpc) is 3.91. The SMILES string of the molecule is C[C@@H](CC(=O)c1cc(C(=O)C[C@@H](Cc2ccccc2)[C@H](O)CCC2(c3cccc(C(F)(F)F)c3)CC2)cc(N(C)S(C)(=O)=O)c1)c1ccccc1. The van der Waals surface area contributed by atoms with Crippen molar-refractivity contribution in [2.24, 2.45) is 5.92 Å². The topological polar surface area (TPSA) is 91.8 Å². The standard InChI is InChI=1S/C41H44F3NO5S/c1-28(30-13-8-5-9-14-30)21-38(47)32-23-33(25-36(24-32)45(2)51(3,49)50)39(48)26-31(22-29-11-6-4-7-12-29)37(46)17-18-40(19-20-40)34-15-10-16-35(27-34)41(42,43)44/h4-16,23-25,27-28,31,37,46H,17-22,26H2,1-3H3/t28-,31+,37+/m0/s1. The predicted molar refractivity (Wildman–Crippen MR) is 194 cm³/mol. The van der Waals surface area contributed by atoms with E-state index in [1.807, 2.05) is 67.6 Å². The molecule has 270 valence electrons. The Morgan fingerprint density at radius 2 is 1.43 bits per heavy atom. The molecule has 1 saturated carbocycles. The minimum absolute atomic E-state index is 0.0906. The van der Waals surface area contributed by atoms with E-state index in [0.717, 1.165) is 27.8 Å². The molecule has 3 atom stereocenters. The number of benzene rings is 4. The van der Waals surface area contributed by atoms with Gasteiger partial charge in [0, 0.05) is 31.0 Å². The van der Waals surface area contributed by atoms with Gasteiger partial charge in [-0.1, -0.05) is 85.8 Å². The van der Waals surface area contributed by atoms with Crippen LogP contribution >= 0.6 is 0 Å². The lowest BCUT2D eigenvalue weighted by atomic mass is 9.82. The van der Waals surface area contributed by atoms with Gasteiger partial charge in [0.1, 0.15) is 0 Å². The monoisotopic (exact) mass is 719 g/mol. The summed E-state index contributed by atoms with van der Waals surface area (Å²) in [6.45, 7) is 1.93. The lowest BCUT2D eigenvalue weighted by molar-refractivity contribution is -0.137. The van der Waals surface area contributed by atoms with Crippen LogP contribution in [0.4, 0.5) is 18.9 Å². The van der Waals surface area contributed by atoms with Gasteiger partial charge in [0.05, 0.1) is 23.6 Å². The fourth-order valence-electron chi connectivity index (χ4n) is 6.74. The van der Waals surface area contributed by atoms with Gasteiger partial charge < -0.3 is 5.11 Å². The Kier molecular flexibility index (Phi) is 11.6. The molecule has 0 radical (unpaired) electrons. The normalized spacial score (nSPS) is 15.8. The molecule has 0 unspecified atom stereocenters. The first kappa shape index (κ1) is 38.0. The van der Waals surface area contributed by atoms with Crippen LogP contribution in [-0.2, 0) is 28.0 Å². The summed E-state index contributed by atoms with van der Waals surface area (Å²) in [5.74, 6) is -1.27. The number of halogens is 3. The molecule has 0 saturated heterocycles. The number of sulfonamides is 1. The third-order valence-corrected chi connectivity index (χ3v) is 11.4. The Labute approximate surface area is 298 Å². The van der Waals surface area contributed by atoms with Crippen molar-refractivity contribution >= 4 is 27.3 Å². The molecule has 1 aliphatic carbocycles. The maximum Gasteiger partial charge on any atom is 0.416 e. The Morgan fingerprint density at radius 3 is 2.00 bits per heavy atom. The molecule has 0 amide bonds. The van der Waals surface area contributed by atoms with Crippen molar-refractivity contribution in [3.8, 4) is 0 Å². The molecule has 10 heteroatoms. The van der Waals surface area contributed by atoms with Crippen LogP contribution in [-0.4, -0.2) is 44.5 Å². The number of aliphatic hydroxyl groups is 1. The Bertz CT molecular complexity index is 1940. The maximum atomic E-state index is 14.1. The molecular weight excluding hydrogens is 676 g/mol. The summed E-state index contributed by atoms with van der Waals surface area (Å²) in [5, 5.41) is 11.6. The molecule has 51 heavy (non-hydrogen) atoms. The molecule has 0 heterocycles. The summed E-state index contributed by atoms with van der Waals surface area (Å²) in [6.07, 6.45) is -1.78. The lowest BCUT2D eigenvalue weighted by Crippen LogP contribution is -2.28. The molecule has 4 aromatic rings. The van der Waals surface area contributed by atoms with E-state index in [1.165, 1.54) is 37.4 Å². The summed E-state index contributed by atoms with van der Waals surface area (Å²) < 4.78 is 66.5. The van der Waals surface area contributed by atoms with Gasteiger partial charge in [0.25, 0.3) is 0 Å². The van der Waals surface area contributed by atoms with Crippen molar-refractivity contribution in [2.75, 3.05) is 17.6 Å². The zero-order chi connectivity index (χ0) is 37.0. The van der Waals surface area contributed by atoms with Gasteiger partial charge in [-0.15, -0.1) is 0 Å². The van der Waals surface area contributed by atoms with Gasteiger partial charge in [0.15, 0.2) is 11.6 Å². The first-order valence-corrected chi connectivity index (χ1v) is 19.0. The largest absolute Gasteiger partial charge is 0.416 e. The number of hydrogen-bond donors (Lipinski definition) is 1. The fourth-order valence-corrected chi connectivity index (χ4v) is 7.23. The van der Waals surface area contributed by atoms with Crippen LogP contribution in [0.5, 0.6) is 0 Å². The van der Waals surface area contributed by atoms with Gasteiger partial charge in [-0.05, 0) is 90.3 Å². The smallest absolute Gasteiger partial charge is 0.393 e. The molecule has 0 spiro atoms. The number of nitrogens with zero attached hydrogens (tertiary/aromatic N) is 1. The van der Waals surface area contributed by atoms with Crippen LogP contribution in [0.25, 0.3) is 0 Å². The molecule has 0 aromatic heterocycles. The molecule has 6 nitrogen and oxygen atoms in total. The van der Waals surface area contributed by atoms with E-state index in [1.54, 1.807) is 6.07 Å². The van der Waals surface area contributed by atoms with Crippen LogP contribution in [0.2, 0.25) is 0 Å². The van der Waals surface area contributed by atoms with Crippen LogP contribution < -0.4 is 4.31 Å². The van der Waals surface area contributed by atoms with E-state index in [9.17, 15) is 36.3 Å². The highest BCUT2D eigenvalue weighted by atomic mass is 32.2. The van der Waals surface area contributed by atoms with E-state index >= 15 is 0 Å². The van der Waals surface area contributed by atoms with E-state index in [-0.39, 0.29) is 53.6 Å². The highest BCUT2D eigenvalue weighted by Gasteiger charge is 2.45. The Balaban J connectivity index is 1.39. The lowest BCUT2D eigenvalue weighted by Gasteiger charge is -2.26. The zero-order valence-corrected chi connectivity index (χ0v) is 29.9. The van der Waals surface area contributed by atoms with E-state index < -0.39 is 39.2 Å². The second-order valence-electron chi connectivity index (χ2n) is 14.0. The van der Waals surface area contributed by atoms with Crippen molar-refractivity contribution in [3.05, 3.63) is 137 Å². The number of alkyl halides is 3. The summed E-state index contributed by atoms with van der Waals surface area (Å²) in [6, 6.07) is 28.8. The number of aliphatic hydroxyl groups excluding tert-OH is 1. The number of Topliss-reactive ketones (excluding diaryl/α,β-unsaturated/α-hetero) is 2. The number of carbonyl (C=O) groups is 2. The average molecular weight is 720 g/mol. The molecule has 4 aromatic carbocycles. The number of carbonyl (C=O) groups excluding carboxylic acids is 2. The van der Waals surface area contributed by atoms with E-state index in [2.05, 4.69) is 0 Å². The number of ketones is 2. The summed E-state index contributed by atoms with van der Waals surface area (Å²) in [4.78, 5) is 27.7. The Morgan fingerprint density at radius 1 is 0.843 bits per heavy atom. The van der Waals surface area contributed by atoms with E-state index in [0.29, 0.717) is 31.2 Å². The van der Waals surface area contributed by atoms with Crippen molar-refractivity contribution < 1.29 is 36.3 Å². The van der Waals surface area contributed by atoms with Gasteiger partial charge in [0.2, 0.25) is 10.0 Å². The highest BCUT2D eigenvalue weighted by Crippen LogP contribution is 2.53. The summed E-state index contributed by atoms with van der Waals surface area (Å²) >= 11 is 0. The zero-order valence-electron chi connectivity index (χ0n) is 29.1. The third kappa shape index (κ3) is 9.74. The van der Waals surface area contributed by atoms with Crippen molar-refractivity contribution in [3.63, 3.8) is 0 Å². The predicted octanol–water partition coefficient (Wildman–Crippen LogP) is 8.78. The molecule has 0 aliphatic heterocycles. The number of anilines is 1. The molecule has 1 N–H and O–H groups in total. The van der Waals surface area contributed by atoms with E-state index in [4.69, 9.17) is 0 Å². The van der Waals surface area contributed by atoms with Crippen LogP contribution in [0, 0.1) is 5.92 Å². The van der Waals surface area contributed by atoms with Crippen molar-refractivity contribution in [1.29, 1.82) is 0 Å². The maximum absolute atomic E-state index is 14.1. The molecular formula is C41H44F3NO5S. The number of hydrogen-bond acceptors (Lipinski definition) is 5. The highest BCUT2D eigenvalue weighted by molar-refractivity contribution is 7.92. The third-order valence-electron chi connectivity index (χ3n) is 10.2. The quantitative estimate of drug-likeness (QED) is 0.117. The van der Waals surface area contributed by atoms with Gasteiger partial charge in [-0.25, -0.2) is 8.42 Å². The van der Waals surface area contributed by atoms with Crippen molar-refractivity contribution in [2.45, 2.75) is 75.5 Å².